The highest BCUT2D eigenvalue weighted by Gasteiger charge is 2.37. The van der Waals surface area contributed by atoms with Gasteiger partial charge in [0.15, 0.2) is 0 Å². The van der Waals surface area contributed by atoms with E-state index >= 15 is 0 Å². The summed E-state index contributed by atoms with van der Waals surface area (Å²) in [5, 5.41) is 7.99. The highest BCUT2D eigenvalue weighted by molar-refractivity contribution is 5.50. The predicted octanol–water partition coefficient (Wildman–Crippen LogP) is 1.68. The number of rotatable bonds is 4. The van der Waals surface area contributed by atoms with Gasteiger partial charge in [-0.25, -0.2) is 5.10 Å². The van der Waals surface area contributed by atoms with Gasteiger partial charge in [0, 0.05) is 12.6 Å². The lowest BCUT2D eigenvalue weighted by Crippen LogP contribution is -2.34. The first-order valence-corrected chi connectivity index (χ1v) is 6.51. The zero-order valence-electron chi connectivity index (χ0n) is 11.1. The normalized spacial score (nSPS) is 18.2. The van der Waals surface area contributed by atoms with E-state index in [0.717, 1.165) is 32.1 Å². The van der Waals surface area contributed by atoms with Crippen molar-refractivity contribution in [1.82, 2.24) is 15.1 Å². The second-order valence-electron chi connectivity index (χ2n) is 5.04. The van der Waals surface area contributed by atoms with Crippen LogP contribution in [0.1, 0.15) is 25.3 Å². The number of aromatic nitrogens is 2. The smallest absolute Gasteiger partial charge is 0.379 e. The van der Waals surface area contributed by atoms with Crippen molar-refractivity contribution < 1.29 is 13.2 Å². The molecule has 0 aliphatic carbocycles. The zero-order valence-corrected chi connectivity index (χ0v) is 11.1. The molecule has 0 bridgehead atoms. The monoisotopic (exact) mass is 290 g/mol. The van der Waals surface area contributed by atoms with Crippen LogP contribution in [0.3, 0.4) is 0 Å². The van der Waals surface area contributed by atoms with Crippen LogP contribution >= 0.6 is 0 Å². The topological polar surface area (TPSA) is 61.0 Å². The van der Waals surface area contributed by atoms with E-state index in [2.05, 4.69) is 15.3 Å². The molecule has 5 nitrogen and oxygen atoms in total. The molecule has 1 saturated heterocycles. The first-order chi connectivity index (χ1) is 9.38. The second-order valence-corrected chi connectivity index (χ2v) is 5.04. The van der Waals surface area contributed by atoms with E-state index in [0.29, 0.717) is 6.54 Å². The highest BCUT2D eigenvalue weighted by Crippen LogP contribution is 2.31. The molecule has 0 amide bonds. The number of halogens is 3. The lowest BCUT2D eigenvalue weighted by Gasteiger charge is -2.23. The van der Waals surface area contributed by atoms with Crippen molar-refractivity contribution in [3.05, 3.63) is 22.1 Å². The summed E-state index contributed by atoms with van der Waals surface area (Å²) >= 11 is 0. The summed E-state index contributed by atoms with van der Waals surface area (Å²) in [6, 6.07) is -0.196. The molecular weight excluding hydrogens is 273 g/mol. The lowest BCUT2D eigenvalue weighted by atomic mass is 10.2. The quantitative estimate of drug-likeness (QED) is 0.886. The average molecular weight is 290 g/mol. The number of nitrogens with one attached hydrogen (secondary N) is 2. The van der Waals surface area contributed by atoms with E-state index in [1.165, 1.54) is 0 Å². The molecule has 20 heavy (non-hydrogen) atoms. The van der Waals surface area contributed by atoms with Gasteiger partial charge in [0.1, 0.15) is 5.56 Å². The molecule has 1 aromatic heterocycles. The van der Waals surface area contributed by atoms with Gasteiger partial charge in [-0.15, -0.1) is 0 Å². The Bertz CT molecular complexity index is 508. The van der Waals surface area contributed by atoms with Crippen LogP contribution in [-0.4, -0.2) is 40.8 Å². The maximum Gasteiger partial charge on any atom is 0.423 e. The largest absolute Gasteiger partial charge is 0.423 e. The third-order valence-corrected chi connectivity index (χ3v) is 3.27. The Morgan fingerprint density at radius 2 is 2.10 bits per heavy atom. The van der Waals surface area contributed by atoms with Gasteiger partial charge >= 0.3 is 6.18 Å². The molecule has 8 heteroatoms. The van der Waals surface area contributed by atoms with Crippen LogP contribution in [-0.2, 0) is 6.18 Å². The van der Waals surface area contributed by atoms with Crippen molar-refractivity contribution in [3.8, 4) is 0 Å². The van der Waals surface area contributed by atoms with Crippen LogP contribution in [0.2, 0.25) is 0 Å². The van der Waals surface area contributed by atoms with E-state index in [1.807, 2.05) is 5.10 Å². The van der Waals surface area contributed by atoms with Gasteiger partial charge in [-0.05, 0) is 32.9 Å². The van der Waals surface area contributed by atoms with E-state index in [9.17, 15) is 18.0 Å². The highest BCUT2D eigenvalue weighted by atomic mass is 19.4. The number of nitrogens with zero attached hydrogens (tertiary/aromatic N) is 2. The van der Waals surface area contributed by atoms with E-state index in [-0.39, 0.29) is 11.7 Å². The molecule has 1 aliphatic rings. The zero-order chi connectivity index (χ0) is 14.8. The van der Waals surface area contributed by atoms with E-state index < -0.39 is 17.3 Å². The van der Waals surface area contributed by atoms with Gasteiger partial charge in [-0.1, -0.05) is 0 Å². The minimum atomic E-state index is -4.70. The molecule has 2 N–H and O–H groups in total. The molecule has 1 aliphatic heterocycles. The molecule has 0 aromatic carbocycles. The number of hydrogen-bond acceptors (Lipinski definition) is 4. The fraction of sp³-hybridized carbons (Fsp3) is 0.667. The van der Waals surface area contributed by atoms with Crippen LogP contribution in [0.4, 0.5) is 18.9 Å². The fourth-order valence-corrected chi connectivity index (χ4v) is 2.45. The SMILES string of the molecule is C[C@H](CN1CCCC1)Nc1cn[nH]c(=O)c1C(F)(F)F. The first-order valence-electron chi connectivity index (χ1n) is 6.51. The van der Waals surface area contributed by atoms with Crippen molar-refractivity contribution in [2.24, 2.45) is 0 Å². The molecule has 2 heterocycles. The third-order valence-electron chi connectivity index (χ3n) is 3.27. The predicted molar refractivity (Wildman–Crippen MR) is 68.6 cm³/mol. The van der Waals surface area contributed by atoms with Crippen molar-refractivity contribution in [3.63, 3.8) is 0 Å². The third kappa shape index (κ3) is 3.50. The van der Waals surface area contributed by atoms with Gasteiger partial charge in [-0.3, -0.25) is 4.79 Å². The Kier molecular flexibility index (Phi) is 4.32. The van der Waals surface area contributed by atoms with Crippen molar-refractivity contribution in [2.75, 3.05) is 25.0 Å². The summed E-state index contributed by atoms with van der Waals surface area (Å²) in [7, 11) is 0. The molecule has 112 valence electrons. The Morgan fingerprint density at radius 3 is 2.70 bits per heavy atom. The Balaban J connectivity index is 2.12. The minimum Gasteiger partial charge on any atom is -0.379 e. The van der Waals surface area contributed by atoms with Crippen LogP contribution in [0, 0.1) is 0 Å². The van der Waals surface area contributed by atoms with Gasteiger partial charge in [0.25, 0.3) is 5.56 Å². The standard InChI is InChI=1S/C12H17F3N4O/c1-8(7-19-4-2-3-5-19)17-9-6-16-18-11(20)10(9)12(13,14)15/h6,8H,2-5,7H2,1H3,(H2,17,18,20)/t8-/m1/s1. The summed E-state index contributed by atoms with van der Waals surface area (Å²) in [6.45, 7) is 4.36. The van der Waals surface area contributed by atoms with Crippen LogP contribution in [0.15, 0.2) is 11.0 Å². The maximum atomic E-state index is 12.9. The number of alkyl halides is 3. The molecule has 0 spiro atoms. The number of hydrogen-bond donors (Lipinski definition) is 2. The number of anilines is 1. The minimum absolute atomic E-state index is 0.196. The fourth-order valence-electron chi connectivity index (χ4n) is 2.45. The van der Waals surface area contributed by atoms with Crippen molar-refractivity contribution in [2.45, 2.75) is 32.0 Å². The maximum absolute atomic E-state index is 12.9. The van der Waals surface area contributed by atoms with Crippen molar-refractivity contribution in [1.29, 1.82) is 0 Å². The summed E-state index contributed by atoms with van der Waals surface area (Å²) in [5.74, 6) is 0. The van der Waals surface area contributed by atoms with Gasteiger partial charge in [-0.2, -0.15) is 18.3 Å². The molecule has 1 aromatic rings. The molecule has 1 atom stereocenters. The van der Waals surface area contributed by atoms with Gasteiger partial charge in [0.05, 0.1) is 11.9 Å². The van der Waals surface area contributed by atoms with Crippen LogP contribution in [0.5, 0.6) is 0 Å². The van der Waals surface area contributed by atoms with Crippen molar-refractivity contribution >= 4 is 5.69 Å². The van der Waals surface area contributed by atoms with E-state index in [4.69, 9.17) is 0 Å². The molecule has 0 saturated carbocycles. The molecule has 2 rings (SSSR count). The summed E-state index contributed by atoms with van der Waals surface area (Å²) in [5.41, 5.74) is -2.72. The molecule has 0 radical (unpaired) electrons. The van der Waals surface area contributed by atoms with Crippen LogP contribution < -0.4 is 10.9 Å². The van der Waals surface area contributed by atoms with Gasteiger partial charge < -0.3 is 10.2 Å². The summed E-state index contributed by atoms with van der Waals surface area (Å²) in [6.07, 6.45) is -1.46. The number of aromatic amines is 1. The Morgan fingerprint density at radius 1 is 1.45 bits per heavy atom. The first kappa shape index (κ1) is 14.8. The Hall–Kier alpha value is -1.57. The number of likely N-dealkylation sites (tertiary alicyclic amines) is 1. The Labute approximate surface area is 114 Å². The lowest BCUT2D eigenvalue weighted by molar-refractivity contribution is -0.138. The second kappa shape index (κ2) is 5.82. The molecule has 0 unspecified atom stereocenters. The number of H-pyrrole nitrogens is 1. The van der Waals surface area contributed by atoms with Gasteiger partial charge in [0.2, 0.25) is 0 Å². The van der Waals surface area contributed by atoms with E-state index in [1.54, 1.807) is 6.92 Å². The van der Waals surface area contributed by atoms with Crippen LogP contribution in [0.25, 0.3) is 0 Å². The summed E-state index contributed by atoms with van der Waals surface area (Å²) in [4.78, 5) is 13.5. The molecular formula is C12H17F3N4O. The molecule has 1 fully saturated rings. The average Bonchev–Trinajstić information content (AvgIpc) is 2.79. The summed E-state index contributed by atoms with van der Waals surface area (Å²) < 4.78 is 38.6.